The number of aryl methyl sites for hydroxylation is 1. The monoisotopic (exact) mass is 297 g/mol. The number of hydrogen-bond donors (Lipinski definition) is 1. The first-order valence-corrected chi connectivity index (χ1v) is 7.34. The molecule has 0 aliphatic carbocycles. The van der Waals surface area contributed by atoms with Gasteiger partial charge >= 0.3 is 0 Å². The Morgan fingerprint density at radius 1 is 1.20 bits per heavy atom. The zero-order valence-corrected chi connectivity index (χ0v) is 13.4. The summed E-state index contributed by atoms with van der Waals surface area (Å²) >= 11 is 5.13. The molecule has 0 aromatic carbocycles. The largest absolute Gasteiger partial charge is 0.474 e. The van der Waals surface area contributed by atoms with E-state index in [0.717, 1.165) is 24.1 Å². The molecule has 0 spiro atoms. The van der Waals surface area contributed by atoms with Gasteiger partial charge in [0.2, 0.25) is 5.88 Å². The van der Waals surface area contributed by atoms with Crippen LogP contribution in [0, 0.1) is 0 Å². The van der Waals surface area contributed by atoms with Crippen molar-refractivity contribution in [3.05, 3.63) is 16.8 Å². The number of hydrogen-bond acceptors (Lipinski definition) is 5. The van der Waals surface area contributed by atoms with Crippen LogP contribution in [0.2, 0.25) is 0 Å². The molecule has 0 aliphatic heterocycles. The maximum Gasteiger partial charge on any atom is 0.244 e. The van der Waals surface area contributed by atoms with E-state index in [1.165, 1.54) is 0 Å². The number of rotatable bonds is 8. The van der Waals surface area contributed by atoms with Crippen molar-refractivity contribution in [2.24, 2.45) is 5.73 Å². The van der Waals surface area contributed by atoms with Gasteiger partial charge < -0.3 is 15.2 Å². The fourth-order valence-electron chi connectivity index (χ4n) is 1.93. The molecule has 0 bridgehead atoms. The highest BCUT2D eigenvalue weighted by Gasteiger charge is 2.17. The predicted octanol–water partition coefficient (Wildman–Crippen LogP) is 2.04. The van der Waals surface area contributed by atoms with Gasteiger partial charge in [0, 0.05) is 0 Å². The number of ether oxygens (including phenoxy) is 2. The van der Waals surface area contributed by atoms with Crippen molar-refractivity contribution in [3.8, 4) is 5.88 Å². The maximum absolute atomic E-state index is 5.82. The molecule has 0 radical (unpaired) electrons. The van der Waals surface area contributed by atoms with Crippen LogP contribution in [0.3, 0.4) is 0 Å². The molecule has 6 heteroatoms. The van der Waals surface area contributed by atoms with Crippen LogP contribution in [0.5, 0.6) is 5.88 Å². The fourth-order valence-corrected chi connectivity index (χ4v) is 2.14. The lowest BCUT2D eigenvalue weighted by atomic mass is 10.0. The van der Waals surface area contributed by atoms with E-state index in [-0.39, 0.29) is 6.10 Å². The topological polar surface area (TPSA) is 70.3 Å². The van der Waals surface area contributed by atoms with Crippen LogP contribution in [0.25, 0.3) is 0 Å². The second-order valence-corrected chi connectivity index (χ2v) is 5.08. The Labute approximate surface area is 125 Å². The molecule has 0 saturated carbocycles. The maximum atomic E-state index is 5.82. The predicted molar refractivity (Wildman–Crippen MR) is 83.3 cm³/mol. The van der Waals surface area contributed by atoms with Crippen molar-refractivity contribution in [2.45, 2.75) is 46.6 Å². The number of nitrogens with zero attached hydrogens (tertiary/aromatic N) is 2. The van der Waals surface area contributed by atoms with E-state index in [1.54, 1.807) is 0 Å². The molecular formula is C14H23N3O2S. The third-order valence-corrected chi connectivity index (χ3v) is 3.04. The Morgan fingerprint density at radius 3 is 2.40 bits per heavy atom. The van der Waals surface area contributed by atoms with Crippen molar-refractivity contribution in [2.75, 3.05) is 13.2 Å². The summed E-state index contributed by atoms with van der Waals surface area (Å²) in [5.74, 6) is 0.402. The lowest BCUT2D eigenvalue weighted by molar-refractivity contribution is 0.0539. The number of thiocarbonyl (C=S) groups is 1. The van der Waals surface area contributed by atoms with Gasteiger partial charge in [0.25, 0.3) is 0 Å². The Bertz CT molecular complexity index is 464. The van der Waals surface area contributed by atoms with Crippen LogP contribution in [-0.4, -0.2) is 34.5 Å². The molecule has 0 aliphatic rings. The third kappa shape index (κ3) is 4.38. The van der Waals surface area contributed by atoms with Crippen LogP contribution < -0.4 is 10.5 Å². The summed E-state index contributed by atoms with van der Waals surface area (Å²) in [6.07, 6.45) is 1.76. The van der Waals surface area contributed by atoms with Crippen LogP contribution in [-0.2, 0) is 17.6 Å². The minimum atomic E-state index is 0.174. The highest BCUT2D eigenvalue weighted by atomic mass is 32.1. The van der Waals surface area contributed by atoms with Crippen molar-refractivity contribution in [1.29, 1.82) is 0 Å². The Morgan fingerprint density at radius 2 is 1.90 bits per heavy atom. The first-order valence-electron chi connectivity index (χ1n) is 6.93. The van der Waals surface area contributed by atoms with Gasteiger partial charge in [-0.05, 0) is 32.3 Å². The zero-order chi connectivity index (χ0) is 15.1. The molecule has 0 unspecified atom stereocenters. The summed E-state index contributed by atoms with van der Waals surface area (Å²) in [5.41, 5.74) is 8.47. The molecule has 1 heterocycles. The summed E-state index contributed by atoms with van der Waals surface area (Å²) in [6.45, 7) is 8.92. The molecular weight excluding hydrogens is 274 g/mol. The second kappa shape index (κ2) is 8.11. The molecule has 1 aromatic rings. The Kier molecular flexibility index (Phi) is 6.81. The van der Waals surface area contributed by atoms with Crippen molar-refractivity contribution < 1.29 is 9.47 Å². The van der Waals surface area contributed by atoms with E-state index in [0.29, 0.717) is 29.6 Å². The van der Waals surface area contributed by atoms with Crippen LogP contribution in [0.1, 0.15) is 44.5 Å². The molecule has 20 heavy (non-hydrogen) atoms. The van der Waals surface area contributed by atoms with Gasteiger partial charge in [-0.15, -0.1) is 5.10 Å². The van der Waals surface area contributed by atoms with Gasteiger partial charge in [-0.25, -0.2) is 0 Å². The summed E-state index contributed by atoms with van der Waals surface area (Å²) in [4.78, 5) is 0.297. The summed E-state index contributed by atoms with van der Waals surface area (Å²) < 4.78 is 11.1. The summed E-state index contributed by atoms with van der Waals surface area (Å²) in [6, 6.07) is 0. The lowest BCUT2D eigenvalue weighted by Gasteiger charge is -2.15. The first-order chi connectivity index (χ1) is 9.51. The molecule has 2 N–H and O–H groups in total. The molecule has 112 valence electrons. The summed E-state index contributed by atoms with van der Waals surface area (Å²) in [7, 11) is 0. The quantitative estimate of drug-likeness (QED) is 0.585. The molecule has 1 rings (SSSR count). The zero-order valence-electron chi connectivity index (χ0n) is 12.6. The average molecular weight is 297 g/mol. The van der Waals surface area contributed by atoms with Gasteiger partial charge in [0.05, 0.1) is 24.0 Å². The number of nitrogens with two attached hydrogens (primary N) is 1. The highest BCUT2D eigenvalue weighted by Crippen LogP contribution is 2.22. The van der Waals surface area contributed by atoms with Gasteiger partial charge in [-0.2, -0.15) is 5.10 Å². The Balaban J connectivity index is 2.92. The van der Waals surface area contributed by atoms with Gasteiger partial charge in [0.1, 0.15) is 11.6 Å². The van der Waals surface area contributed by atoms with Crippen molar-refractivity contribution in [1.82, 2.24) is 10.2 Å². The molecule has 5 nitrogen and oxygen atoms in total. The average Bonchev–Trinajstić information content (AvgIpc) is 2.41. The van der Waals surface area contributed by atoms with Gasteiger partial charge in [-0.1, -0.05) is 26.1 Å². The molecule has 1 aromatic heterocycles. The highest BCUT2D eigenvalue weighted by molar-refractivity contribution is 7.80. The van der Waals surface area contributed by atoms with Crippen molar-refractivity contribution in [3.63, 3.8) is 0 Å². The van der Waals surface area contributed by atoms with E-state index in [4.69, 9.17) is 27.4 Å². The molecule has 0 amide bonds. The van der Waals surface area contributed by atoms with Crippen LogP contribution in [0.4, 0.5) is 0 Å². The summed E-state index contributed by atoms with van der Waals surface area (Å²) in [5, 5.41) is 8.29. The van der Waals surface area contributed by atoms with Crippen molar-refractivity contribution >= 4 is 17.2 Å². The Hall–Kier alpha value is -1.27. The minimum absolute atomic E-state index is 0.174. The second-order valence-electron chi connectivity index (χ2n) is 4.64. The molecule has 0 saturated heterocycles. The van der Waals surface area contributed by atoms with E-state index in [1.807, 2.05) is 27.7 Å². The standard InChI is InChI=1S/C14H23N3O2S/c1-5-10-11(6-2)16-17-14(12(10)13(15)20)19-8-7-18-9(3)4/h9H,5-8H2,1-4H3,(H2,15,20). The van der Waals surface area contributed by atoms with E-state index in [2.05, 4.69) is 10.2 Å². The van der Waals surface area contributed by atoms with Crippen LogP contribution in [0.15, 0.2) is 0 Å². The first kappa shape index (κ1) is 16.8. The van der Waals surface area contributed by atoms with Gasteiger partial charge in [-0.3, -0.25) is 0 Å². The normalized spacial score (nSPS) is 10.8. The van der Waals surface area contributed by atoms with E-state index < -0.39 is 0 Å². The molecule has 0 atom stereocenters. The van der Waals surface area contributed by atoms with Gasteiger partial charge in [0.15, 0.2) is 0 Å². The lowest BCUT2D eigenvalue weighted by Crippen LogP contribution is -2.20. The SMILES string of the molecule is CCc1nnc(OCCOC(C)C)c(C(N)=S)c1CC. The third-order valence-electron chi connectivity index (χ3n) is 2.83. The number of aromatic nitrogens is 2. The van der Waals surface area contributed by atoms with Crippen LogP contribution >= 0.6 is 12.2 Å². The van der Waals surface area contributed by atoms with E-state index in [9.17, 15) is 0 Å². The minimum Gasteiger partial charge on any atom is -0.474 e. The van der Waals surface area contributed by atoms with E-state index >= 15 is 0 Å². The fraction of sp³-hybridized carbons (Fsp3) is 0.643. The smallest absolute Gasteiger partial charge is 0.244 e. The molecule has 0 fully saturated rings.